The minimum Gasteiger partial charge on any atom is -0.497 e. The van der Waals surface area contributed by atoms with Crippen LogP contribution in [-0.2, 0) is 0 Å². The van der Waals surface area contributed by atoms with Gasteiger partial charge in [-0.3, -0.25) is 0 Å². The van der Waals surface area contributed by atoms with Gasteiger partial charge in [0.15, 0.2) is 0 Å². The van der Waals surface area contributed by atoms with Crippen LogP contribution in [-0.4, -0.2) is 25.4 Å². The summed E-state index contributed by atoms with van der Waals surface area (Å²) in [6.07, 6.45) is 1.56. The van der Waals surface area contributed by atoms with Crippen molar-refractivity contribution >= 4 is 12.1 Å². The Morgan fingerprint density at radius 1 is 1.35 bits per heavy atom. The monoisotopic (exact) mass is 314 g/mol. The Labute approximate surface area is 134 Å². The van der Waals surface area contributed by atoms with Gasteiger partial charge >= 0.3 is 0 Å². The summed E-state index contributed by atoms with van der Waals surface area (Å²) in [5.41, 5.74) is 3.59. The summed E-state index contributed by atoms with van der Waals surface area (Å²) in [7, 11) is 3.16. The van der Waals surface area contributed by atoms with Crippen molar-refractivity contribution in [2.45, 2.75) is 19.8 Å². The molecule has 1 aromatic heterocycles. The van der Waals surface area contributed by atoms with Gasteiger partial charge in [0.05, 0.1) is 20.4 Å². The Morgan fingerprint density at radius 2 is 2.13 bits per heavy atom. The van der Waals surface area contributed by atoms with E-state index in [0.717, 1.165) is 5.56 Å². The Kier molecular flexibility index (Phi) is 5.20. The van der Waals surface area contributed by atoms with E-state index in [1.165, 1.54) is 0 Å². The number of hydrazone groups is 1. The van der Waals surface area contributed by atoms with Gasteiger partial charge in [-0.2, -0.15) is 10.4 Å². The normalized spacial score (nSPS) is 10.8. The molecule has 1 aromatic carbocycles. The summed E-state index contributed by atoms with van der Waals surface area (Å²) in [6.45, 7) is 3.86. The maximum atomic E-state index is 9.08. The standard InChI is InChI=1S/C16H18N4O3/c1-10(2)15-19-13(8-17)16(23-15)20-18-9-11-7-12(21-3)5-6-14(11)22-4/h5-7,9-10,20H,1-4H3. The zero-order valence-corrected chi connectivity index (χ0v) is 13.5. The number of benzene rings is 1. The molecular weight excluding hydrogens is 296 g/mol. The van der Waals surface area contributed by atoms with Gasteiger partial charge in [-0.05, 0) is 18.2 Å². The molecule has 0 aliphatic rings. The third-order valence-corrected chi connectivity index (χ3v) is 3.05. The molecule has 120 valence electrons. The molecule has 7 nitrogen and oxygen atoms in total. The first-order valence-electron chi connectivity index (χ1n) is 7.01. The first-order valence-corrected chi connectivity index (χ1v) is 7.01. The van der Waals surface area contributed by atoms with E-state index in [0.29, 0.717) is 17.4 Å². The number of anilines is 1. The van der Waals surface area contributed by atoms with E-state index >= 15 is 0 Å². The molecule has 0 saturated heterocycles. The van der Waals surface area contributed by atoms with Crippen LogP contribution in [0.3, 0.4) is 0 Å². The molecule has 1 N–H and O–H groups in total. The molecule has 0 fully saturated rings. The van der Waals surface area contributed by atoms with Crippen LogP contribution in [0.4, 0.5) is 5.88 Å². The smallest absolute Gasteiger partial charge is 0.252 e. The summed E-state index contributed by atoms with van der Waals surface area (Å²) in [5, 5.41) is 13.2. The van der Waals surface area contributed by atoms with Crippen molar-refractivity contribution in [2.24, 2.45) is 5.10 Å². The minimum atomic E-state index is 0.0834. The van der Waals surface area contributed by atoms with Gasteiger partial charge in [0.25, 0.3) is 5.88 Å². The third kappa shape index (κ3) is 3.80. The predicted molar refractivity (Wildman–Crippen MR) is 86.1 cm³/mol. The molecule has 7 heteroatoms. The molecule has 0 radical (unpaired) electrons. The predicted octanol–water partition coefficient (Wildman–Crippen LogP) is 3.13. The van der Waals surface area contributed by atoms with Crippen LogP contribution in [0, 0.1) is 11.3 Å². The summed E-state index contributed by atoms with van der Waals surface area (Å²) in [6, 6.07) is 7.34. The van der Waals surface area contributed by atoms with Gasteiger partial charge in [0, 0.05) is 11.5 Å². The second-order valence-electron chi connectivity index (χ2n) is 4.97. The molecule has 0 spiro atoms. The van der Waals surface area contributed by atoms with Crippen molar-refractivity contribution in [3.63, 3.8) is 0 Å². The summed E-state index contributed by atoms with van der Waals surface area (Å²) < 4.78 is 15.9. The SMILES string of the molecule is COc1ccc(OC)c(C=NNc2oc(C(C)C)nc2C#N)c1. The minimum absolute atomic E-state index is 0.0834. The number of hydrogen-bond donors (Lipinski definition) is 1. The van der Waals surface area contributed by atoms with Crippen molar-refractivity contribution in [3.8, 4) is 17.6 Å². The number of aromatic nitrogens is 1. The van der Waals surface area contributed by atoms with Gasteiger partial charge in [-0.15, -0.1) is 0 Å². The van der Waals surface area contributed by atoms with E-state index in [1.54, 1.807) is 38.6 Å². The third-order valence-electron chi connectivity index (χ3n) is 3.05. The fourth-order valence-electron chi connectivity index (χ4n) is 1.84. The maximum absolute atomic E-state index is 9.08. The lowest BCUT2D eigenvalue weighted by atomic mass is 10.2. The van der Waals surface area contributed by atoms with Crippen LogP contribution in [0.2, 0.25) is 0 Å². The Balaban J connectivity index is 2.21. The lowest BCUT2D eigenvalue weighted by molar-refractivity contribution is 0.402. The summed E-state index contributed by atoms with van der Waals surface area (Å²) >= 11 is 0. The molecule has 0 amide bonds. The topological polar surface area (TPSA) is 92.7 Å². The van der Waals surface area contributed by atoms with Crippen LogP contribution in [0.1, 0.15) is 36.9 Å². The number of oxazole rings is 1. The highest BCUT2D eigenvalue weighted by molar-refractivity contribution is 5.84. The first kappa shape index (κ1) is 16.4. The number of nitriles is 1. The molecular formula is C16H18N4O3. The van der Waals surface area contributed by atoms with Gasteiger partial charge in [-0.25, -0.2) is 10.4 Å². The molecule has 1 heterocycles. The molecule has 2 aromatic rings. The Hall–Kier alpha value is -3.01. The molecule has 0 bridgehead atoms. The molecule has 0 aliphatic heterocycles. The number of ether oxygens (including phenoxy) is 2. The van der Waals surface area contributed by atoms with Gasteiger partial charge in [0.1, 0.15) is 17.6 Å². The molecule has 23 heavy (non-hydrogen) atoms. The zero-order valence-electron chi connectivity index (χ0n) is 13.5. The summed E-state index contributed by atoms with van der Waals surface area (Å²) in [4.78, 5) is 4.11. The second-order valence-corrected chi connectivity index (χ2v) is 4.97. The highest BCUT2D eigenvalue weighted by Gasteiger charge is 2.14. The molecule has 0 aliphatic carbocycles. The number of nitrogens with zero attached hydrogens (tertiary/aromatic N) is 3. The second kappa shape index (κ2) is 7.31. The van der Waals surface area contributed by atoms with E-state index < -0.39 is 0 Å². The van der Waals surface area contributed by atoms with Crippen molar-refractivity contribution in [3.05, 3.63) is 35.3 Å². The Morgan fingerprint density at radius 3 is 2.74 bits per heavy atom. The van der Waals surface area contributed by atoms with Crippen LogP contribution in [0.25, 0.3) is 0 Å². The van der Waals surface area contributed by atoms with E-state index in [1.807, 2.05) is 19.9 Å². The van der Waals surface area contributed by atoms with Crippen LogP contribution in [0.5, 0.6) is 11.5 Å². The van der Waals surface area contributed by atoms with Crippen LogP contribution < -0.4 is 14.9 Å². The summed E-state index contributed by atoms with van der Waals surface area (Å²) in [5.74, 6) is 2.12. The molecule has 0 unspecified atom stereocenters. The van der Waals surface area contributed by atoms with E-state index in [9.17, 15) is 0 Å². The average molecular weight is 314 g/mol. The number of nitrogens with one attached hydrogen (secondary N) is 1. The van der Waals surface area contributed by atoms with Gasteiger partial charge < -0.3 is 13.9 Å². The van der Waals surface area contributed by atoms with Crippen LogP contribution in [0.15, 0.2) is 27.7 Å². The lowest BCUT2D eigenvalue weighted by Gasteiger charge is -2.06. The molecule has 0 atom stereocenters. The number of hydrogen-bond acceptors (Lipinski definition) is 7. The largest absolute Gasteiger partial charge is 0.497 e. The fraction of sp³-hybridized carbons (Fsp3) is 0.312. The van der Waals surface area contributed by atoms with Crippen molar-refractivity contribution in [2.75, 3.05) is 19.6 Å². The van der Waals surface area contributed by atoms with Crippen molar-refractivity contribution in [1.29, 1.82) is 5.26 Å². The van der Waals surface area contributed by atoms with Crippen molar-refractivity contribution < 1.29 is 13.9 Å². The van der Waals surface area contributed by atoms with E-state index in [4.69, 9.17) is 19.2 Å². The lowest BCUT2D eigenvalue weighted by Crippen LogP contribution is -1.95. The van der Waals surface area contributed by atoms with Gasteiger partial charge in [0.2, 0.25) is 11.6 Å². The zero-order chi connectivity index (χ0) is 16.8. The maximum Gasteiger partial charge on any atom is 0.252 e. The number of methoxy groups -OCH3 is 2. The number of rotatable bonds is 6. The molecule has 0 saturated carbocycles. The molecule has 2 rings (SSSR count). The average Bonchev–Trinajstić information content (AvgIpc) is 2.98. The van der Waals surface area contributed by atoms with Crippen LogP contribution >= 0.6 is 0 Å². The van der Waals surface area contributed by atoms with Crippen molar-refractivity contribution in [1.82, 2.24) is 4.98 Å². The van der Waals surface area contributed by atoms with E-state index in [-0.39, 0.29) is 17.5 Å². The fourth-order valence-corrected chi connectivity index (χ4v) is 1.84. The van der Waals surface area contributed by atoms with E-state index in [2.05, 4.69) is 15.5 Å². The Bertz CT molecular complexity index is 744. The highest BCUT2D eigenvalue weighted by atomic mass is 16.5. The quantitative estimate of drug-likeness (QED) is 0.650. The highest BCUT2D eigenvalue weighted by Crippen LogP contribution is 2.24. The van der Waals surface area contributed by atoms with Gasteiger partial charge in [-0.1, -0.05) is 13.8 Å². The first-order chi connectivity index (χ1) is 11.1.